The van der Waals surface area contributed by atoms with Crippen LogP contribution < -0.4 is 0 Å². The molecule has 3 aromatic rings. The van der Waals surface area contributed by atoms with Gasteiger partial charge in [0.05, 0.1) is 11.4 Å². The van der Waals surface area contributed by atoms with Crippen LogP contribution in [0, 0.1) is 13.8 Å². The summed E-state index contributed by atoms with van der Waals surface area (Å²) in [6.07, 6.45) is 2.00. The van der Waals surface area contributed by atoms with E-state index in [4.69, 9.17) is 5.10 Å². The van der Waals surface area contributed by atoms with Crippen LogP contribution in [-0.2, 0) is 12.8 Å². The quantitative estimate of drug-likeness (QED) is 0.684. The Labute approximate surface area is 132 Å². The monoisotopic (exact) mass is 290 g/mol. The van der Waals surface area contributed by atoms with E-state index in [0.717, 1.165) is 24.2 Å². The molecule has 112 valence electrons. The Kier molecular flexibility index (Phi) is 4.10. The van der Waals surface area contributed by atoms with Gasteiger partial charge in [0.1, 0.15) is 0 Å². The molecule has 0 aliphatic heterocycles. The first-order valence-corrected chi connectivity index (χ1v) is 7.87. The van der Waals surface area contributed by atoms with Gasteiger partial charge in [-0.2, -0.15) is 5.10 Å². The van der Waals surface area contributed by atoms with E-state index in [1.165, 1.54) is 22.4 Å². The second kappa shape index (κ2) is 6.18. The Morgan fingerprint density at radius 1 is 0.864 bits per heavy atom. The van der Waals surface area contributed by atoms with E-state index in [1.807, 2.05) is 0 Å². The van der Waals surface area contributed by atoms with Gasteiger partial charge in [0.25, 0.3) is 0 Å². The van der Waals surface area contributed by atoms with Gasteiger partial charge in [-0.3, -0.25) is 0 Å². The SMILES string of the molecule is CCc1ccc(-n2nc(C)c(Cc3ccccc3)c2C)cc1. The molecule has 2 aromatic carbocycles. The summed E-state index contributed by atoms with van der Waals surface area (Å²) < 4.78 is 2.06. The number of hydrogen-bond acceptors (Lipinski definition) is 1. The second-order valence-electron chi connectivity index (χ2n) is 5.74. The minimum atomic E-state index is 0.936. The standard InChI is InChI=1S/C20H22N2/c1-4-17-10-12-19(13-11-17)22-16(3)20(15(2)21-22)14-18-8-6-5-7-9-18/h5-13H,4,14H2,1-3H3. The highest BCUT2D eigenvalue weighted by atomic mass is 15.3. The van der Waals surface area contributed by atoms with Crippen molar-refractivity contribution in [3.8, 4) is 5.69 Å². The van der Waals surface area contributed by atoms with E-state index in [1.54, 1.807) is 0 Å². The summed E-state index contributed by atoms with van der Waals surface area (Å²) in [6, 6.07) is 19.3. The summed E-state index contributed by atoms with van der Waals surface area (Å²) in [7, 11) is 0. The fourth-order valence-electron chi connectivity index (χ4n) is 2.86. The van der Waals surface area contributed by atoms with Crippen molar-refractivity contribution in [2.45, 2.75) is 33.6 Å². The molecule has 0 saturated carbocycles. The Morgan fingerprint density at radius 3 is 2.18 bits per heavy atom. The third kappa shape index (κ3) is 2.82. The molecule has 0 bridgehead atoms. The first-order chi connectivity index (χ1) is 10.7. The third-order valence-electron chi connectivity index (χ3n) is 4.25. The molecule has 2 nitrogen and oxygen atoms in total. The summed E-state index contributed by atoms with van der Waals surface area (Å²) >= 11 is 0. The molecule has 1 heterocycles. The van der Waals surface area contributed by atoms with Crippen LogP contribution in [0.2, 0.25) is 0 Å². The van der Waals surface area contributed by atoms with Gasteiger partial charge in [0.2, 0.25) is 0 Å². The third-order valence-corrected chi connectivity index (χ3v) is 4.25. The summed E-state index contributed by atoms with van der Waals surface area (Å²) in [5.74, 6) is 0. The molecule has 0 aliphatic carbocycles. The first-order valence-electron chi connectivity index (χ1n) is 7.87. The molecule has 0 N–H and O–H groups in total. The highest BCUT2D eigenvalue weighted by molar-refractivity contribution is 5.40. The van der Waals surface area contributed by atoms with Crippen molar-refractivity contribution in [3.05, 3.63) is 82.7 Å². The Bertz CT molecular complexity index is 752. The molecule has 2 heteroatoms. The van der Waals surface area contributed by atoms with Crippen LogP contribution in [0.4, 0.5) is 0 Å². The van der Waals surface area contributed by atoms with E-state index in [9.17, 15) is 0 Å². The van der Waals surface area contributed by atoms with E-state index in [2.05, 4.69) is 80.1 Å². The zero-order valence-corrected chi connectivity index (χ0v) is 13.5. The molecule has 0 unspecified atom stereocenters. The first kappa shape index (κ1) is 14.6. The molecule has 0 saturated heterocycles. The van der Waals surface area contributed by atoms with E-state index in [0.29, 0.717) is 0 Å². The van der Waals surface area contributed by atoms with E-state index in [-0.39, 0.29) is 0 Å². The molecule has 1 aromatic heterocycles. The van der Waals surface area contributed by atoms with Crippen LogP contribution in [0.1, 0.15) is 35.0 Å². The summed E-state index contributed by atoms with van der Waals surface area (Å²) in [6.45, 7) is 6.43. The lowest BCUT2D eigenvalue weighted by atomic mass is 10.0. The molecule has 3 rings (SSSR count). The maximum Gasteiger partial charge on any atom is 0.0649 e. The maximum atomic E-state index is 4.75. The predicted molar refractivity (Wildman–Crippen MR) is 91.7 cm³/mol. The highest BCUT2D eigenvalue weighted by Gasteiger charge is 2.13. The summed E-state index contributed by atoms with van der Waals surface area (Å²) in [5, 5.41) is 4.75. The van der Waals surface area contributed by atoms with Crippen LogP contribution in [-0.4, -0.2) is 9.78 Å². The zero-order chi connectivity index (χ0) is 15.5. The molecule has 22 heavy (non-hydrogen) atoms. The van der Waals surface area contributed by atoms with Gasteiger partial charge < -0.3 is 0 Å². The molecule has 0 amide bonds. The highest BCUT2D eigenvalue weighted by Crippen LogP contribution is 2.21. The number of aromatic nitrogens is 2. The fourth-order valence-corrected chi connectivity index (χ4v) is 2.86. The lowest BCUT2D eigenvalue weighted by molar-refractivity contribution is 0.832. The van der Waals surface area contributed by atoms with Gasteiger partial charge in [0, 0.05) is 17.7 Å². The van der Waals surface area contributed by atoms with Crippen molar-refractivity contribution in [1.29, 1.82) is 0 Å². The smallest absolute Gasteiger partial charge is 0.0649 e. The Hall–Kier alpha value is -2.35. The van der Waals surface area contributed by atoms with Gasteiger partial charge in [0.15, 0.2) is 0 Å². The van der Waals surface area contributed by atoms with Crippen molar-refractivity contribution in [2.24, 2.45) is 0 Å². The van der Waals surface area contributed by atoms with E-state index < -0.39 is 0 Å². The van der Waals surface area contributed by atoms with Crippen molar-refractivity contribution in [2.75, 3.05) is 0 Å². The van der Waals surface area contributed by atoms with Crippen LogP contribution in [0.3, 0.4) is 0 Å². The molecule has 0 fully saturated rings. The van der Waals surface area contributed by atoms with Crippen LogP contribution in [0.15, 0.2) is 54.6 Å². The minimum absolute atomic E-state index is 0.936. The Balaban J connectivity index is 1.95. The molecule has 0 aliphatic rings. The fraction of sp³-hybridized carbons (Fsp3) is 0.250. The van der Waals surface area contributed by atoms with Crippen LogP contribution in [0.5, 0.6) is 0 Å². The zero-order valence-electron chi connectivity index (χ0n) is 13.5. The van der Waals surface area contributed by atoms with Crippen molar-refractivity contribution < 1.29 is 0 Å². The average molecular weight is 290 g/mol. The Morgan fingerprint density at radius 2 is 1.55 bits per heavy atom. The molecule has 0 radical (unpaired) electrons. The average Bonchev–Trinajstić information content (AvgIpc) is 2.84. The number of nitrogens with zero attached hydrogens (tertiary/aromatic N) is 2. The number of benzene rings is 2. The number of aryl methyl sites for hydroxylation is 2. The van der Waals surface area contributed by atoms with Crippen molar-refractivity contribution in [1.82, 2.24) is 9.78 Å². The maximum absolute atomic E-state index is 4.75. The van der Waals surface area contributed by atoms with Crippen molar-refractivity contribution in [3.63, 3.8) is 0 Å². The molecular weight excluding hydrogens is 268 g/mol. The van der Waals surface area contributed by atoms with Crippen molar-refractivity contribution >= 4 is 0 Å². The van der Waals surface area contributed by atoms with Gasteiger partial charge in [-0.05, 0) is 43.5 Å². The van der Waals surface area contributed by atoms with E-state index >= 15 is 0 Å². The minimum Gasteiger partial charge on any atom is -0.238 e. The van der Waals surface area contributed by atoms with Gasteiger partial charge in [-0.15, -0.1) is 0 Å². The second-order valence-corrected chi connectivity index (χ2v) is 5.74. The van der Waals surface area contributed by atoms with Crippen LogP contribution >= 0.6 is 0 Å². The van der Waals surface area contributed by atoms with Gasteiger partial charge >= 0.3 is 0 Å². The van der Waals surface area contributed by atoms with Gasteiger partial charge in [-0.25, -0.2) is 4.68 Å². The largest absolute Gasteiger partial charge is 0.238 e. The lowest BCUT2D eigenvalue weighted by Gasteiger charge is -2.07. The summed E-state index contributed by atoms with van der Waals surface area (Å²) in [5.41, 5.74) is 7.48. The molecular formula is C20H22N2. The predicted octanol–water partition coefficient (Wildman–Crippen LogP) is 4.64. The normalized spacial score (nSPS) is 10.9. The molecule has 0 spiro atoms. The number of hydrogen-bond donors (Lipinski definition) is 0. The van der Waals surface area contributed by atoms with Crippen LogP contribution in [0.25, 0.3) is 5.69 Å². The summed E-state index contributed by atoms with van der Waals surface area (Å²) in [4.78, 5) is 0. The lowest BCUT2D eigenvalue weighted by Crippen LogP contribution is -2.00. The topological polar surface area (TPSA) is 17.8 Å². The molecule has 0 atom stereocenters. The van der Waals surface area contributed by atoms with Gasteiger partial charge in [-0.1, -0.05) is 49.4 Å². The number of rotatable bonds is 4.